The number of benzene rings is 3. The van der Waals surface area contributed by atoms with E-state index in [2.05, 4.69) is 10.0 Å². The minimum Gasteiger partial charge on any atom is -0.494 e. The van der Waals surface area contributed by atoms with E-state index in [1.165, 1.54) is 12.1 Å². The van der Waals surface area contributed by atoms with Gasteiger partial charge in [0, 0.05) is 22.8 Å². The van der Waals surface area contributed by atoms with Gasteiger partial charge in [-0.2, -0.15) is 0 Å². The number of halogens is 1. The van der Waals surface area contributed by atoms with Crippen molar-refractivity contribution in [1.29, 1.82) is 0 Å². The van der Waals surface area contributed by atoms with E-state index in [9.17, 15) is 13.2 Å². The summed E-state index contributed by atoms with van der Waals surface area (Å²) in [5.41, 5.74) is 1.88. The van der Waals surface area contributed by atoms with Gasteiger partial charge in [-0.05, 0) is 79.6 Å². The van der Waals surface area contributed by atoms with Crippen LogP contribution in [0.3, 0.4) is 0 Å². The Morgan fingerprint density at radius 2 is 1.58 bits per heavy atom. The third-order valence-electron chi connectivity index (χ3n) is 4.46. The van der Waals surface area contributed by atoms with E-state index in [-0.39, 0.29) is 10.8 Å². The molecule has 0 aliphatic heterocycles. The third-order valence-corrected chi connectivity index (χ3v) is 6.11. The summed E-state index contributed by atoms with van der Waals surface area (Å²) in [4.78, 5) is 12.4. The Morgan fingerprint density at radius 1 is 0.935 bits per heavy atom. The molecule has 0 radical (unpaired) electrons. The van der Waals surface area contributed by atoms with Crippen LogP contribution in [0.5, 0.6) is 5.75 Å². The average molecular weight is 459 g/mol. The van der Waals surface area contributed by atoms with Crippen LogP contribution in [0, 0.1) is 0 Å². The molecular weight excluding hydrogens is 436 g/mol. The number of nitrogens with one attached hydrogen (secondary N) is 2. The van der Waals surface area contributed by atoms with Crippen LogP contribution >= 0.6 is 11.6 Å². The first-order valence-corrected chi connectivity index (χ1v) is 11.6. The van der Waals surface area contributed by atoms with Gasteiger partial charge in [0.1, 0.15) is 5.75 Å². The highest BCUT2D eigenvalue weighted by Crippen LogP contribution is 2.20. The minimum absolute atomic E-state index is 0.125. The lowest BCUT2D eigenvalue weighted by molar-refractivity contribution is 0.0954. The summed E-state index contributed by atoms with van der Waals surface area (Å²) in [6.45, 7) is 2.84. The van der Waals surface area contributed by atoms with Gasteiger partial charge in [-0.15, -0.1) is 0 Å². The highest BCUT2D eigenvalue weighted by molar-refractivity contribution is 7.92. The largest absolute Gasteiger partial charge is 0.494 e. The Labute approximate surface area is 187 Å². The first-order chi connectivity index (χ1) is 14.9. The molecule has 1 amide bonds. The van der Waals surface area contributed by atoms with Crippen LogP contribution in [0.15, 0.2) is 77.7 Å². The monoisotopic (exact) mass is 458 g/mol. The number of ether oxygens (including phenoxy) is 1. The van der Waals surface area contributed by atoms with Crippen LogP contribution in [0.4, 0.5) is 5.69 Å². The van der Waals surface area contributed by atoms with Crippen LogP contribution in [0.1, 0.15) is 22.8 Å². The molecule has 0 atom stereocenters. The van der Waals surface area contributed by atoms with Gasteiger partial charge in [-0.1, -0.05) is 23.7 Å². The fourth-order valence-corrected chi connectivity index (χ4v) is 4.04. The topological polar surface area (TPSA) is 84.5 Å². The molecule has 6 nitrogen and oxygen atoms in total. The van der Waals surface area contributed by atoms with Crippen molar-refractivity contribution < 1.29 is 17.9 Å². The lowest BCUT2D eigenvalue weighted by atomic mass is 10.1. The predicted molar refractivity (Wildman–Crippen MR) is 122 cm³/mol. The van der Waals surface area contributed by atoms with Crippen LogP contribution in [0.2, 0.25) is 5.02 Å². The average Bonchev–Trinajstić information content (AvgIpc) is 2.76. The lowest BCUT2D eigenvalue weighted by Gasteiger charge is -2.10. The van der Waals surface area contributed by atoms with Crippen LogP contribution in [-0.2, 0) is 16.4 Å². The molecule has 162 valence electrons. The van der Waals surface area contributed by atoms with Crippen molar-refractivity contribution in [3.8, 4) is 5.75 Å². The van der Waals surface area contributed by atoms with Crippen LogP contribution in [-0.4, -0.2) is 27.5 Å². The molecule has 3 aromatic rings. The summed E-state index contributed by atoms with van der Waals surface area (Å²) >= 11 is 5.86. The second-order valence-electron chi connectivity index (χ2n) is 6.72. The smallest absolute Gasteiger partial charge is 0.261 e. The standard InChI is InChI=1S/C23H23ClN2O4S/c1-2-30-21-11-13-22(14-12-21)31(28,29)26-20-9-5-18(6-10-20)23(27)25-16-15-17-3-7-19(24)8-4-17/h3-14,26H,2,15-16H2,1H3,(H,25,27). The number of hydrogen-bond donors (Lipinski definition) is 2. The Hall–Kier alpha value is -3.03. The number of carbonyl (C=O) groups is 1. The van der Waals surface area contributed by atoms with Crippen LogP contribution in [0.25, 0.3) is 0 Å². The van der Waals surface area contributed by atoms with E-state index < -0.39 is 10.0 Å². The fourth-order valence-electron chi connectivity index (χ4n) is 2.86. The zero-order valence-electron chi connectivity index (χ0n) is 17.0. The number of amides is 1. The molecular formula is C23H23ClN2O4S. The third kappa shape index (κ3) is 6.47. The number of hydrogen-bond acceptors (Lipinski definition) is 4. The molecule has 3 rings (SSSR count). The van der Waals surface area contributed by atoms with Crippen molar-refractivity contribution in [3.05, 3.63) is 88.9 Å². The SMILES string of the molecule is CCOc1ccc(S(=O)(=O)Nc2ccc(C(=O)NCCc3ccc(Cl)cc3)cc2)cc1. The Morgan fingerprint density at radius 3 is 2.19 bits per heavy atom. The maximum absolute atomic E-state index is 12.5. The zero-order valence-corrected chi connectivity index (χ0v) is 18.5. The number of anilines is 1. The zero-order chi connectivity index (χ0) is 22.3. The normalized spacial score (nSPS) is 11.0. The van der Waals surface area contributed by atoms with Crippen molar-refractivity contribution >= 4 is 33.2 Å². The van der Waals surface area contributed by atoms with Crippen molar-refractivity contribution in [3.63, 3.8) is 0 Å². The first-order valence-electron chi connectivity index (χ1n) is 9.76. The van der Waals surface area contributed by atoms with Gasteiger partial charge >= 0.3 is 0 Å². The first kappa shape index (κ1) is 22.7. The van der Waals surface area contributed by atoms with Gasteiger partial charge in [-0.25, -0.2) is 8.42 Å². The highest BCUT2D eigenvalue weighted by atomic mass is 35.5. The van der Waals surface area contributed by atoms with Crippen molar-refractivity contribution in [1.82, 2.24) is 5.32 Å². The number of sulfonamides is 1. The van der Waals surface area contributed by atoms with E-state index in [0.717, 1.165) is 5.56 Å². The van der Waals surface area contributed by atoms with Gasteiger partial charge in [0.05, 0.1) is 11.5 Å². The molecule has 8 heteroatoms. The van der Waals surface area contributed by atoms with E-state index in [1.807, 2.05) is 31.2 Å². The molecule has 2 N–H and O–H groups in total. The Balaban J connectivity index is 1.56. The molecule has 0 fully saturated rings. The molecule has 0 unspecified atom stereocenters. The molecule has 0 spiro atoms. The molecule has 0 heterocycles. The molecule has 0 aliphatic carbocycles. The predicted octanol–water partition coefficient (Wildman–Crippen LogP) is 4.51. The maximum Gasteiger partial charge on any atom is 0.261 e. The summed E-state index contributed by atoms with van der Waals surface area (Å²) in [5.74, 6) is 0.378. The minimum atomic E-state index is -3.74. The molecule has 0 saturated heterocycles. The van der Waals surface area contributed by atoms with Gasteiger partial charge < -0.3 is 10.1 Å². The highest BCUT2D eigenvalue weighted by Gasteiger charge is 2.15. The molecule has 0 saturated carbocycles. The van der Waals surface area contributed by atoms with Crippen molar-refractivity contribution in [2.24, 2.45) is 0 Å². The van der Waals surface area contributed by atoms with E-state index in [1.54, 1.807) is 36.4 Å². The molecule has 3 aromatic carbocycles. The van der Waals surface area contributed by atoms with Crippen molar-refractivity contribution in [2.45, 2.75) is 18.2 Å². The summed E-state index contributed by atoms with van der Waals surface area (Å²) in [5, 5.41) is 3.52. The van der Waals surface area contributed by atoms with E-state index in [4.69, 9.17) is 16.3 Å². The molecule has 31 heavy (non-hydrogen) atoms. The summed E-state index contributed by atoms with van der Waals surface area (Å²) in [6, 6.07) is 19.9. The van der Waals surface area contributed by atoms with E-state index >= 15 is 0 Å². The Bertz CT molecular complexity index is 1110. The second kappa shape index (κ2) is 10.3. The number of carbonyl (C=O) groups excluding carboxylic acids is 1. The Kier molecular flexibility index (Phi) is 7.55. The number of rotatable bonds is 9. The summed E-state index contributed by atoms with van der Waals surface area (Å²) in [6.07, 6.45) is 0.683. The molecule has 0 aliphatic rings. The second-order valence-corrected chi connectivity index (χ2v) is 8.84. The quantitative estimate of drug-likeness (QED) is 0.494. The summed E-state index contributed by atoms with van der Waals surface area (Å²) in [7, 11) is -3.74. The molecule has 0 aromatic heterocycles. The maximum atomic E-state index is 12.5. The van der Waals surface area contributed by atoms with E-state index in [0.29, 0.717) is 41.6 Å². The molecule has 0 bridgehead atoms. The van der Waals surface area contributed by atoms with Gasteiger partial charge in [0.2, 0.25) is 0 Å². The van der Waals surface area contributed by atoms with Crippen LogP contribution < -0.4 is 14.8 Å². The fraction of sp³-hybridized carbons (Fsp3) is 0.174. The summed E-state index contributed by atoms with van der Waals surface area (Å²) < 4.78 is 32.9. The van der Waals surface area contributed by atoms with Crippen molar-refractivity contribution in [2.75, 3.05) is 17.9 Å². The van der Waals surface area contributed by atoms with Gasteiger partial charge in [0.25, 0.3) is 15.9 Å². The van der Waals surface area contributed by atoms with Gasteiger partial charge in [0.15, 0.2) is 0 Å². The van der Waals surface area contributed by atoms with Gasteiger partial charge in [-0.3, -0.25) is 9.52 Å². The lowest BCUT2D eigenvalue weighted by Crippen LogP contribution is -2.25.